The molecule has 1 aromatic rings. The first-order valence-corrected chi connectivity index (χ1v) is 6.07. The number of rotatable bonds is 1. The largest absolute Gasteiger partial charge is 0.459 e. The molecule has 1 saturated heterocycles. The Kier molecular flexibility index (Phi) is 2.52. The van der Waals surface area contributed by atoms with E-state index in [1.165, 1.54) is 11.1 Å². The molecule has 88 valence electrons. The van der Waals surface area contributed by atoms with Crippen molar-refractivity contribution in [2.45, 2.75) is 25.6 Å². The molecule has 2 heteroatoms. The van der Waals surface area contributed by atoms with Gasteiger partial charge >= 0.3 is 0 Å². The summed E-state index contributed by atoms with van der Waals surface area (Å²) >= 11 is 0. The van der Waals surface area contributed by atoms with Gasteiger partial charge in [0.2, 0.25) is 5.79 Å². The lowest BCUT2D eigenvalue weighted by Crippen LogP contribution is -2.24. The van der Waals surface area contributed by atoms with Crippen LogP contribution in [0.4, 0.5) is 0 Å². The topological polar surface area (TPSA) is 18.5 Å². The summed E-state index contributed by atoms with van der Waals surface area (Å²) in [7, 11) is 0. The standard InChI is InChI=1S/C15H16O2/c1-12-5-2-3-6-13(12)11-14-7-9-15(17-14)8-4-10-16-15/h2-3,5-7,9,11H,4,8,10H2,1H3/b14-11-. The summed E-state index contributed by atoms with van der Waals surface area (Å²) in [5, 5.41) is 0. The van der Waals surface area contributed by atoms with E-state index in [9.17, 15) is 0 Å². The molecule has 2 aliphatic heterocycles. The lowest BCUT2D eigenvalue weighted by Gasteiger charge is -2.20. The molecule has 2 nitrogen and oxygen atoms in total. The van der Waals surface area contributed by atoms with Crippen molar-refractivity contribution < 1.29 is 9.47 Å². The molecule has 1 atom stereocenters. The van der Waals surface area contributed by atoms with Gasteiger partial charge in [-0.05, 0) is 42.7 Å². The molecule has 1 unspecified atom stereocenters. The van der Waals surface area contributed by atoms with Gasteiger partial charge in [0.1, 0.15) is 5.76 Å². The van der Waals surface area contributed by atoms with Crippen molar-refractivity contribution in [1.29, 1.82) is 0 Å². The minimum absolute atomic E-state index is 0.464. The van der Waals surface area contributed by atoms with Crippen molar-refractivity contribution in [3.05, 3.63) is 53.3 Å². The summed E-state index contributed by atoms with van der Waals surface area (Å²) in [4.78, 5) is 0. The van der Waals surface area contributed by atoms with Crippen molar-refractivity contribution >= 4 is 6.08 Å². The van der Waals surface area contributed by atoms with Gasteiger partial charge in [-0.15, -0.1) is 0 Å². The zero-order valence-corrected chi connectivity index (χ0v) is 9.98. The van der Waals surface area contributed by atoms with E-state index in [2.05, 4.69) is 25.1 Å². The van der Waals surface area contributed by atoms with Gasteiger partial charge in [0.15, 0.2) is 0 Å². The van der Waals surface area contributed by atoms with Crippen LogP contribution in [0.3, 0.4) is 0 Å². The van der Waals surface area contributed by atoms with Crippen LogP contribution in [0.5, 0.6) is 0 Å². The van der Waals surface area contributed by atoms with Crippen LogP contribution < -0.4 is 0 Å². The molecule has 0 aliphatic carbocycles. The van der Waals surface area contributed by atoms with Gasteiger partial charge in [0.05, 0.1) is 6.61 Å². The second-order valence-corrected chi connectivity index (χ2v) is 4.60. The lowest BCUT2D eigenvalue weighted by atomic mass is 10.1. The zero-order valence-electron chi connectivity index (χ0n) is 9.98. The number of hydrogen-bond acceptors (Lipinski definition) is 2. The Hall–Kier alpha value is -1.54. The third-order valence-corrected chi connectivity index (χ3v) is 3.29. The Morgan fingerprint density at radius 3 is 2.94 bits per heavy atom. The average molecular weight is 228 g/mol. The fourth-order valence-corrected chi connectivity index (χ4v) is 2.30. The van der Waals surface area contributed by atoms with E-state index < -0.39 is 5.79 Å². The summed E-state index contributed by atoms with van der Waals surface area (Å²) in [5.41, 5.74) is 2.45. The second-order valence-electron chi connectivity index (χ2n) is 4.60. The Morgan fingerprint density at radius 1 is 1.29 bits per heavy atom. The van der Waals surface area contributed by atoms with Crippen LogP contribution in [0.15, 0.2) is 42.2 Å². The molecule has 0 saturated carbocycles. The number of allylic oxidation sites excluding steroid dienone is 1. The van der Waals surface area contributed by atoms with Crippen LogP contribution in [0.2, 0.25) is 0 Å². The average Bonchev–Trinajstić information content (AvgIpc) is 2.94. The van der Waals surface area contributed by atoms with Crippen LogP contribution in [0, 0.1) is 6.92 Å². The van der Waals surface area contributed by atoms with E-state index >= 15 is 0 Å². The van der Waals surface area contributed by atoms with Crippen molar-refractivity contribution in [2.75, 3.05) is 6.61 Å². The minimum Gasteiger partial charge on any atom is -0.459 e. The van der Waals surface area contributed by atoms with Crippen LogP contribution >= 0.6 is 0 Å². The normalized spacial score (nSPS) is 29.1. The van der Waals surface area contributed by atoms with E-state index in [4.69, 9.17) is 9.47 Å². The first-order chi connectivity index (χ1) is 8.27. The summed E-state index contributed by atoms with van der Waals surface area (Å²) < 4.78 is 11.5. The Balaban J connectivity index is 1.84. The summed E-state index contributed by atoms with van der Waals surface area (Å²) in [5.74, 6) is 0.426. The van der Waals surface area contributed by atoms with Gasteiger partial charge < -0.3 is 9.47 Å². The summed E-state index contributed by atoms with van der Waals surface area (Å²) in [6, 6.07) is 8.29. The fraction of sp³-hybridized carbons (Fsp3) is 0.333. The monoisotopic (exact) mass is 228 g/mol. The third kappa shape index (κ3) is 2.01. The molecule has 3 rings (SSSR count). The van der Waals surface area contributed by atoms with E-state index in [0.29, 0.717) is 0 Å². The second kappa shape index (κ2) is 4.04. The summed E-state index contributed by atoms with van der Waals surface area (Å²) in [6.07, 6.45) is 8.14. The molecule has 0 aromatic heterocycles. The Morgan fingerprint density at radius 2 is 2.18 bits per heavy atom. The SMILES string of the molecule is Cc1ccccc1/C=C1/C=CC2(CCCO2)O1. The Bertz CT molecular complexity index is 479. The number of aryl methyl sites for hydroxylation is 1. The predicted molar refractivity (Wildman–Crippen MR) is 67.3 cm³/mol. The smallest absolute Gasteiger partial charge is 0.230 e. The maximum absolute atomic E-state index is 5.90. The molecule has 1 aromatic carbocycles. The van der Waals surface area contributed by atoms with Gasteiger partial charge in [-0.1, -0.05) is 24.3 Å². The highest BCUT2D eigenvalue weighted by Gasteiger charge is 2.38. The first kappa shape index (κ1) is 10.6. The maximum Gasteiger partial charge on any atom is 0.230 e. The predicted octanol–water partition coefficient (Wildman–Crippen LogP) is 3.43. The number of benzene rings is 1. The van der Waals surface area contributed by atoms with Crippen molar-refractivity contribution in [2.24, 2.45) is 0 Å². The molecule has 1 fully saturated rings. The first-order valence-electron chi connectivity index (χ1n) is 6.07. The minimum atomic E-state index is -0.464. The molecule has 0 N–H and O–H groups in total. The van der Waals surface area contributed by atoms with E-state index in [1.54, 1.807) is 0 Å². The zero-order chi connectivity index (χ0) is 11.7. The molecule has 17 heavy (non-hydrogen) atoms. The molecule has 2 aliphatic rings. The molecule has 2 heterocycles. The Labute approximate surface area is 102 Å². The van der Waals surface area contributed by atoms with Gasteiger partial charge in [-0.2, -0.15) is 0 Å². The van der Waals surface area contributed by atoms with Gasteiger partial charge in [-0.3, -0.25) is 0 Å². The van der Waals surface area contributed by atoms with Crippen molar-refractivity contribution in [3.63, 3.8) is 0 Å². The molecular weight excluding hydrogens is 212 g/mol. The van der Waals surface area contributed by atoms with E-state index in [1.807, 2.05) is 24.3 Å². The van der Waals surface area contributed by atoms with E-state index in [-0.39, 0.29) is 0 Å². The maximum atomic E-state index is 5.90. The molecule has 0 bridgehead atoms. The van der Waals surface area contributed by atoms with Gasteiger partial charge in [0.25, 0.3) is 0 Å². The van der Waals surface area contributed by atoms with Crippen molar-refractivity contribution in [1.82, 2.24) is 0 Å². The fourth-order valence-electron chi connectivity index (χ4n) is 2.30. The molecule has 0 radical (unpaired) electrons. The van der Waals surface area contributed by atoms with E-state index in [0.717, 1.165) is 25.2 Å². The van der Waals surface area contributed by atoms with Gasteiger partial charge in [0, 0.05) is 6.42 Å². The number of hydrogen-bond donors (Lipinski definition) is 0. The molecule has 0 amide bonds. The molecule has 1 spiro atoms. The summed E-state index contributed by atoms with van der Waals surface area (Å²) in [6.45, 7) is 2.90. The van der Waals surface area contributed by atoms with Crippen LogP contribution in [-0.2, 0) is 9.47 Å². The van der Waals surface area contributed by atoms with Crippen LogP contribution in [0.1, 0.15) is 24.0 Å². The van der Waals surface area contributed by atoms with Crippen LogP contribution in [-0.4, -0.2) is 12.4 Å². The highest BCUT2D eigenvalue weighted by Crippen LogP contribution is 2.36. The quantitative estimate of drug-likeness (QED) is 0.733. The number of ether oxygens (including phenoxy) is 2. The van der Waals surface area contributed by atoms with Gasteiger partial charge in [-0.25, -0.2) is 0 Å². The molecular formula is C15H16O2. The highest BCUT2D eigenvalue weighted by atomic mass is 16.7. The third-order valence-electron chi connectivity index (χ3n) is 3.29. The van der Waals surface area contributed by atoms with Crippen molar-refractivity contribution in [3.8, 4) is 0 Å². The highest BCUT2D eigenvalue weighted by molar-refractivity contribution is 5.58. The van der Waals surface area contributed by atoms with Crippen LogP contribution in [0.25, 0.3) is 6.08 Å². The lowest BCUT2D eigenvalue weighted by molar-refractivity contribution is -0.135.